The van der Waals surface area contributed by atoms with Gasteiger partial charge in [-0.05, 0) is 87.4 Å². The molecule has 0 saturated carbocycles. The third-order valence-corrected chi connectivity index (χ3v) is 8.10. The Morgan fingerprint density at radius 1 is 1.05 bits per heavy atom. The molecule has 2 rings (SSSR count). The normalized spacial score (nSPS) is 13.6. The summed E-state index contributed by atoms with van der Waals surface area (Å²) in [6.07, 6.45) is -4.09. The minimum Gasteiger partial charge on any atom is -0.481 e. The number of carbonyl (C=O) groups is 1. The molecule has 218 valence electrons. The fourth-order valence-corrected chi connectivity index (χ4v) is 5.41. The Balaban J connectivity index is 2.01. The second-order valence-corrected chi connectivity index (χ2v) is 12.3. The van der Waals surface area contributed by atoms with Crippen LogP contribution in [0.25, 0.3) is 0 Å². The number of benzene rings is 2. The first kappa shape index (κ1) is 32.7. The predicted octanol–water partition coefficient (Wildman–Crippen LogP) is 4.62. The summed E-state index contributed by atoms with van der Waals surface area (Å²) in [5.74, 6) is -1.40. The third-order valence-electron chi connectivity index (χ3n) is 6.30. The average molecular weight is 577 g/mol. The number of nitrogens with one attached hydrogen (secondary N) is 1. The van der Waals surface area contributed by atoms with E-state index in [1.807, 2.05) is 19.9 Å². The molecule has 12 heteroatoms. The van der Waals surface area contributed by atoms with Crippen LogP contribution in [0.15, 0.2) is 47.4 Å². The van der Waals surface area contributed by atoms with E-state index in [1.165, 1.54) is 19.2 Å². The lowest BCUT2D eigenvalue weighted by Crippen LogP contribution is -2.46. The van der Waals surface area contributed by atoms with Crippen molar-refractivity contribution in [2.24, 2.45) is 0 Å². The minimum atomic E-state index is -4.80. The Kier molecular flexibility index (Phi) is 11.5. The van der Waals surface area contributed by atoms with Crippen molar-refractivity contribution in [3.63, 3.8) is 0 Å². The van der Waals surface area contributed by atoms with Crippen LogP contribution in [0.1, 0.15) is 56.2 Å². The molecule has 0 saturated heterocycles. The highest BCUT2D eigenvalue weighted by molar-refractivity contribution is 7.89. The van der Waals surface area contributed by atoms with E-state index in [0.29, 0.717) is 18.9 Å². The van der Waals surface area contributed by atoms with Gasteiger partial charge in [0.15, 0.2) is 0 Å². The molecule has 0 fully saturated rings. The Bertz CT molecular complexity index is 1220. The molecular formula is C27H36F4N2O5S. The van der Waals surface area contributed by atoms with Crippen LogP contribution in [0.4, 0.5) is 17.6 Å². The summed E-state index contributed by atoms with van der Waals surface area (Å²) in [6.45, 7) is 3.51. The third kappa shape index (κ3) is 10.9. The number of nitrogens with zero attached hydrogens (tertiary/aromatic N) is 1. The van der Waals surface area contributed by atoms with Crippen molar-refractivity contribution in [1.29, 1.82) is 0 Å². The molecule has 39 heavy (non-hydrogen) atoms. The van der Waals surface area contributed by atoms with Crippen molar-refractivity contribution >= 4 is 16.0 Å². The summed E-state index contributed by atoms with van der Waals surface area (Å²) in [7, 11) is -3.21. The standard InChI is InChI=1S/C27H36F4N2O5S/c1-26(2,12-6-9-19-7-4-10-22(28)14-19)32-17-23(34)18-33(3)39(37,38)24-15-20(8-5-11-25(35)36)13-21(16-24)27(29,30)31/h4,7,10,13-16,23,32,34H,5-6,8-9,11-12,17-18H2,1-3H3,(H,35,36)/t23-/m1/s1. The Morgan fingerprint density at radius 2 is 1.72 bits per heavy atom. The molecule has 0 amide bonds. The molecule has 0 aliphatic heterocycles. The Labute approximate surface area is 226 Å². The van der Waals surface area contributed by atoms with Crippen LogP contribution < -0.4 is 5.32 Å². The van der Waals surface area contributed by atoms with Crippen molar-refractivity contribution in [2.75, 3.05) is 20.1 Å². The van der Waals surface area contributed by atoms with Gasteiger partial charge >= 0.3 is 12.1 Å². The topological polar surface area (TPSA) is 107 Å². The molecule has 0 unspecified atom stereocenters. The van der Waals surface area contributed by atoms with Crippen molar-refractivity contribution < 1.29 is 41.0 Å². The number of sulfonamides is 1. The van der Waals surface area contributed by atoms with Gasteiger partial charge in [0.1, 0.15) is 5.82 Å². The summed E-state index contributed by atoms with van der Waals surface area (Å²) >= 11 is 0. The van der Waals surface area contributed by atoms with Crippen LogP contribution in [0, 0.1) is 5.82 Å². The van der Waals surface area contributed by atoms with E-state index in [4.69, 9.17) is 5.11 Å². The van der Waals surface area contributed by atoms with Gasteiger partial charge in [-0.15, -0.1) is 0 Å². The monoisotopic (exact) mass is 576 g/mol. The molecule has 3 N–H and O–H groups in total. The Morgan fingerprint density at radius 3 is 2.33 bits per heavy atom. The molecule has 0 bridgehead atoms. The average Bonchev–Trinajstić information content (AvgIpc) is 2.82. The van der Waals surface area contributed by atoms with Crippen LogP contribution in [-0.2, 0) is 33.8 Å². The lowest BCUT2D eigenvalue weighted by molar-refractivity contribution is -0.138. The van der Waals surface area contributed by atoms with Gasteiger partial charge in [-0.1, -0.05) is 12.1 Å². The number of hydrogen-bond donors (Lipinski definition) is 3. The number of aliphatic hydroxyl groups excluding tert-OH is 1. The maximum atomic E-state index is 13.4. The van der Waals surface area contributed by atoms with E-state index < -0.39 is 44.3 Å². The molecular weight excluding hydrogens is 540 g/mol. The number of alkyl halides is 3. The zero-order valence-corrected chi connectivity index (χ0v) is 23.1. The zero-order chi connectivity index (χ0) is 29.4. The minimum absolute atomic E-state index is 0.0376. The molecule has 0 aliphatic carbocycles. The molecule has 0 aliphatic rings. The number of hydrogen-bond acceptors (Lipinski definition) is 5. The summed E-state index contributed by atoms with van der Waals surface area (Å²) in [5, 5.41) is 22.5. The molecule has 0 radical (unpaired) electrons. The van der Waals surface area contributed by atoms with Crippen LogP contribution in [0.2, 0.25) is 0 Å². The highest BCUT2D eigenvalue weighted by Crippen LogP contribution is 2.33. The van der Waals surface area contributed by atoms with Gasteiger partial charge in [0.2, 0.25) is 10.0 Å². The summed E-state index contributed by atoms with van der Waals surface area (Å²) in [5.41, 5.74) is -0.639. The van der Waals surface area contributed by atoms with Gasteiger partial charge in [0, 0.05) is 32.1 Å². The van der Waals surface area contributed by atoms with Gasteiger partial charge in [-0.3, -0.25) is 4.79 Å². The Hall–Kier alpha value is -2.54. The van der Waals surface area contributed by atoms with E-state index >= 15 is 0 Å². The highest BCUT2D eigenvalue weighted by Gasteiger charge is 2.34. The van der Waals surface area contributed by atoms with Crippen LogP contribution >= 0.6 is 0 Å². The lowest BCUT2D eigenvalue weighted by Gasteiger charge is -2.29. The van der Waals surface area contributed by atoms with Crippen LogP contribution in [-0.4, -0.2) is 60.7 Å². The largest absolute Gasteiger partial charge is 0.481 e. The van der Waals surface area contributed by atoms with E-state index in [2.05, 4.69) is 5.32 Å². The fourth-order valence-electron chi connectivity index (χ4n) is 4.11. The second-order valence-electron chi connectivity index (χ2n) is 10.3. The number of rotatable bonds is 15. The maximum Gasteiger partial charge on any atom is 0.416 e. The number of halogens is 4. The van der Waals surface area contributed by atoms with Crippen molar-refractivity contribution in [2.45, 2.75) is 75.1 Å². The van der Waals surface area contributed by atoms with Crippen molar-refractivity contribution in [3.8, 4) is 0 Å². The second kappa shape index (κ2) is 13.7. The molecule has 0 spiro atoms. The first-order chi connectivity index (χ1) is 18.0. The number of carboxylic acid groups (broad SMARTS) is 1. The van der Waals surface area contributed by atoms with Gasteiger partial charge in [-0.25, -0.2) is 12.8 Å². The number of β-amino-alcohol motifs (C(OH)–C–C–N with tert-alkyl or cyclic N) is 1. The molecule has 7 nitrogen and oxygen atoms in total. The van der Waals surface area contributed by atoms with E-state index in [1.54, 1.807) is 6.07 Å². The summed E-state index contributed by atoms with van der Waals surface area (Å²) < 4.78 is 80.7. The highest BCUT2D eigenvalue weighted by atomic mass is 32.2. The van der Waals surface area contributed by atoms with E-state index in [-0.39, 0.29) is 43.7 Å². The first-order valence-electron chi connectivity index (χ1n) is 12.6. The van der Waals surface area contributed by atoms with E-state index in [0.717, 1.165) is 28.4 Å². The summed E-state index contributed by atoms with van der Waals surface area (Å²) in [4.78, 5) is 10.2. The number of likely N-dealkylation sites (N-methyl/N-ethyl adjacent to an activating group) is 1. The first-order valence-corrected chi connectivity index (χ1v) is 14.0. The lowest BCUT2D eigenvalue weighted by atomic mass is 9.95. The molecule has 2 aromatic carbocycles. The smallest absolute Gasteiger partial charge is 0.416 e. The van der Waals surface area contributed by atoms with Gasteiger partial charge in [-0.2, -0.15) is 17.5 Å². The summed E-state index contributed by atoms with van der Waals surface area (Å²) in [6, 6.07) is 8.80. The molecule has 1 atom stereocenters. The van der Waals surface area contributed by atoms with Gasteiger partial charge in [0.25, 0.3) is 0 Å². The number of aliphatic hydroxyl groups is 1. The maximum absolute atomic E-state index is 13.4. The SMILES string of the molecule is CN(C[C@H](O)CNC(C)(C)CCCc1cccc(F)c1)S(=O)(=O)c1cc(CCCC(=O)O)cc(C(F)(F)F)c1. The fraction of sp³-hybridized carbons (Fsp3) is 0.519. The molecule has 2 aromatic rings. The zero-order valence-electron chi connectivity index (χ0n) is 22.3. The number of carboxylic acids is 1. The predicted molar refractivity (Wildman–Crippen MR) is 139 cm³/mol. The van der Waals surface area contributed by atoms with Crippen LogP contribution in [0.3, 0.4) is 0 Å². The number of aliphatic carboxylic acids is 1. The van der Waals surface area contributed by atoms with E-state index in [9.17, 15) is 35.9 Å². The number of aryl methyl sites for hydroxylation is 2. The van der Waals surface area contributed by atoms with Crippen LogP contribution in [0.5, 0.6) is 0 Å². The van der Waals surface area contributed by atoms with Crippen molar-refractivity contribution in [3.05, 3.63) is 65.0 Å². The van der Waals surface area contributed by atoms with Crippen molar-refractivity contribution in [1.82, 2.24) is 9.62 Å². The molecule has 0 aromatic heterocycles. The van der Waals surface area contributed by atoms with Gasteiger partial charge < -0.3 is 15.5 Å². The quantitative estimate of drug-likeness (QED) is 0.267. The van der Waals surface area contributed by atoms with Gasteiger partial charge in [0.05, 0.1) is 16.6 Å². The molecule has 0 heterocycles.